The molecule has 4 rings (SSSR count). The van der Waals surface area contributed by atoms with Gasteiger partial charge < -0.3 is 9.47 Å². The van der Waals surface area contributed by atoms with Crippen molar-refractivity contribution in [3.63, 3.8) is 0 Å². The van der Waals surface area contributed by atoms with Gasteiger partial charge in [0.2, 0.25) is 0 Å². The smallest absolute Gasteiger partial charge is 0.395 e. The number of rotatable bonds is 4. The highest BCUT2D eigenvalue weighted by atomic mass is 19.3. The van der Waals surface area contributed by atoms with Gasteiger partial charge in [0.15, 0.2) is 11.5 Å². The molecule has 0 N–H and O–H groups in total. The standard InChI is InChI=1S/C19H21F2N3O2/c20-19(21)25-17-3-2-16(12-18(17)26-19)14-24-9-1-8-23(10-11-24)13-15-4-6-22-7-5-15/h2-7,12H,1,8-11,13-14H2. The minimum absolute atomic E-state index is 0.0955. The minimum atomic E-state index is -3.56. The Morgan fingerprint density at radius 3 is 2.23 bits per heavy atom. The second kappa shape index (κ2) is 7.17. The number of alkyl halides is 2. The maximum Gasteiger partial charge on any atom is 0.586 e. The summed E-state index contributed by atoms with van der Waals surface area (Å²) in [6.07, 6.45) is 1.16. The fourth-order valence-electron chi connectivity index (χ4n) is 3.44. The van der Waals surface area contributed by atoms with Gasteiger partial charge in [-0.1, -0.05) is 6.07 Å². The van der Waals surface area contributed by atoms with Crippen LogP contribution in [-0.4, -0.2) is 47.3 Å². The van der Waals surface area contributed by atoms with Gasteiger partial charge in [-0.2, -0.15) is 0 Å². The minimum Gasteiger partial charge on any atom is -0.395 e. The van der Waals surface area contributed by atoms with E-state index in [0.717, 1.165) is 44.7 Å². The summed E-state index contributed by atoms with van der Waals surface area (Å²) in [6.45, 7) is 5.59. The molecule has 7 heteroatoms. The summed E-state index contributed by atoms with van der Waals surface area (Å²) in [7, 11) is 0. The average molecular weight is 361 g/mol. The van der Waals surface area contributed by atoms with E-state index in [0.29, 0.717) is 6.54 Å². The number of fused-ring (bicyclic) bond motifs is 1. The molecule has 1 saturated heterocycles. The summed E-state index contributed by atoms with van der Waals surface area (Å²) >= 11 is 0. The zero-order valence-electron chi connectivity index (χ0n) is 14.4. The molecule has 2 aliphatic rings. The van der Waals surface area contributed by atoms with Gasteiger partial charge in [-0.15, -0.1) is 8.78 Å². The summed E-state index contributed by atoms with van der Waals surface area (Å²) in [6, 6.07) is 9.12. The van der Waals surface area contributed by atoms with Crippen molar-refractivity contribution in [2.45, 2.75) is 25.8 Å². The van der Waals surface area contributed by atoms with Gasteiger partial charge in [0, 0.05) is 38.6 Å². The van der Waals surface area contributed by atoms with Crippen molar-refractivity contribution in [2.75, 3.05) is 26.2 Å². The van der Waals surface area contributed by atoms with Gasteiger partial charge in [-0.05, 0) is 54.9 Å². The Bertz CT molecular complexity index is 758. The van der Waals surface area contributed by atoms with Crippen molar-refractivity contribution < 1.29 is 18.3 Å². The van der Waals surface area contributed by atoms with Crippen LogP contribution < -0.4 is 9.47 Å². The Morgan fingerprint density at radius 2 is 1.50 bits per heavy atom. The van der Waals surface area contributed by atoms with Crippen LogP contribution in [0.5, 0.6) is 11.5 Å². The first-order chi connectivity index (χ1) is 12.6. The summed E-state index contributed by atoms with van der Waals surface area (Å²) in [5, 5.41) is 0. The maximum atomic E-state index is 13.1. The first kappa shape index (κ1) is 17.2. The van der Waals surface area contributed by atoms with Crippen molar-refractivity contribution in [2.24, 2.45) is 0 Å². The number of hydrogen-bond acceptors (Lipinski definition) is 5. The van der Waals surface area contributed by atoms with Crippen molar-refractivity contribution in [1.82, 2.24) is 14.8 Å². The molecule has 1 fully saturated rings. The van der Waals surface area contributed by atoms with Crippen LogP contribution >= 0.6 is 0 Å². The Balaban J connectivity index is 1.34. The Morgan fingerprint density at radius 1 is 0.846 bits per heavy atom. The van der Waals surface area contributed by atoms with Crippen LogP contribution in [0.4, 0.5) is 8.78 Å². The summed E-state index contributed by atoms with van der Waals surface area (Å²) in [5.41, 5.74) is 2.22. The largest absolute Gasteiger partial charge is 0.586 e. The molecule has 0 spiro atoms. The van der Waals surface area contributed by atoms with E-state index in [1.807, 2.05) is 30.6 Å². The maximum absolute atomic E-state index is 13.1. The number of pyridine rings is 1. The van der Waals surface area contributed by atoms with Crippen molar-refractivity contribution in [1.29, 1.82) is 0 Å². The van der Waals surface area contributed by atoms with Crippen LogP contribution in [0.2, 0.25) is 0 Å². The lowest BCUT2D eigenvalue weighted by atomic mass is 10.2. The number of aromatic nitrogens is 1. The average Bonchev–Trinajstić information content (AvgIpc) is 2.76. The van der Waals surface area contributed by atoms with Crippen molar-refractivity contribution >= 4 is 0 Å². The second-order valence-electron chi connectivity index (χ2n) is 6.71. The van der Waals surface area contributed by atoms with Gasteiger partial charge in [0.05, 0.1) is 0 Å². The molecule has 0 aliphatic carbocycles. The monoisotopic (exact) mass is 361 g/mol. The van der Waals surface area contributed by atoms with Gasteiger partial charge in [-0.25, -0.2) is 0 Å². The Hall–Kier alpha value is -2.25. The normalized spacial score (nSPS) is 20.1. The van der Waals surface area contributed by atoms with Crippen molar-refractivity contribution in [3.8, 4) is 11.5 Å². The lowest BCUT2D eigenvalue weighted by Crippen LogP contribution is -2.30. The van der Waals surface area contributed by atoms with E-state index >= 15 is 0 Å². The van der Waals surface area contributed by atoms with Crippen LogP contribution in [0.3, 0.4) is 0 Å². The first-order valence-electron chi connectivity index (χ1n) is 8.80. The molecule has 0 unspecified atom stereocenters. The third-order valence-electron chi connectivity index (χ3n) is 4.71. The first-order valence-corrected chi connectivity index (χ1v) is 8.80. The predicted octanol–water partition coefficient (Wildman–Crippen LogP) is 3.11. The highest BCUT2D eigenvalue weighted by Gasteiger charge is 2.43. The van der Waals surface area contributed by atoms with Gasteiger partial charge in [0.25, 0.3) is 0 Å². The Kier molecular flexibility index (Phi) is 4.74. The van der Waals surface area contributed by atoms with Gasteiger partial charge in [0.1, 0.15) is 0 Å². The molecule has 1 aromatic carbocycles. The third kappa shape index (κ3) is 4.11. The van der Waals surface area contributed by atoms with Gasteiger partial charge in [-0.3, -0.25) is 14.8 Å². The fraction of sp³-hybridized carbons (Fsp3) is 0.421. The predicted molar refractivity (Wildman–Crippen MR) is 92.1 cm³/mol. The number of halogens is 2. The zero-order valence-corrected chi connectivity index (χ0v) is 14.4. The Labute approximate surface area is 151 Å². The van der Waals surface area contributed by atoms with Crippen LogP contribution in [0.15, 0.2) is 42.7 Å². The van der Waals surface area contributed by atoms with Crippen LogP contribution in [-0.2, 0) is 13.1 Å². The summed E-state index contributed by atoms with van der Waals surface area (Å²) in [5.74, 6) is 0.208. The molecule has 0 amide bonds. The molecule has 1 aromatic heterocycles. The third-order valence-corrected chi connectivity index (χ3v) is 4.71. The number of ether oxygens (including phenoxy) is 2. The molecule has 0 radical (unpaired) electrons. The van der Waals surface area contributed by atoms with Crippen molar-refractivity contribution in [3.05, 3.63) is 53.9 Å². The zero-order chi connectivity index (χ0) is 18.0. The quantitative estimate of drug-likeness (QED) is 0.837. The topological polar surface area (TPSA) is 37.8 Å². The molecule has 2 aromatic rings. The summed E-state index contributed by atoms with van der Waals surface area (Å²) in [4.78, 5) is 8.85. The van der Waals surface area contributed by atoms with Crippen LogP contribution in [0.25, 0.3) is 0 Å². The lowest BCUT2D eigenvalue weighted by molar-refractivity contribution is -0.286. The lowest BCUT2D eigenvalue weighted by Gasteiger charge is -2.22. The molecule has 0 saturated carbocycles. The molecule has 26 heavy (non-hydrogen) atoms. The SMILES string of the molecule is FC1(F)Oc2ccc(CN3CCCN(Cc4ccncc4)CC3)cc2O1. The van der Waals surface area contributed by atoms with Gasteiger partial charge >= 0.3 is 6.29 Å². The van der Waals surface area contributed by atoms with Crippen LogP contribution in [0, 0.1) is 0 Å². The van der Waals surface area contributed by atoms with E-state index in [-0.39, 0.29) is 11.5 Å². The number of hydrogen-bond donors (Lipinski definition) is 0. The van der Waals surface area contributed by atoms with E-state index in [4.69, 9.17) is 0 Å². The number of nitrogens with zero attached hydrogens (tertiary/aromatic N) is 3. The molecular weight excluding hydrogens is 340 g/mol. The number of benzene rings is 1. The highest BCUT2D eigenvalue weighted by Crippen LogP contribution is 2.41. The van der Waals surface area contributed by atoms with E-state index in [2.05, 4.69) is 24.3 Å². The highest BCUT2D eigenvalue weighted by molar-refractivity contribution is 5.45. The molecule has 0 atom stereocenters. The molecule has 0 bridgehead atoms. The fourth-order valence-corrected chi connectivity index (χ4v) is 3.44. The van der Waals surface area contributed by atoms with Crippen LogP contribution in [0.1, 0.15) is 17.5 Å². The molecule has 3 heterocycles. The summed E-state index contributed by atoms with van der Waals surface area (Å²) < 4.78 is 35.3. The van der Waals surface area contributed by atoms with E-state index in [9.17, 15) is 8.78 Å². The molecule has 5 nitrogen and oxygen atoms in total. The van der Waals surface area contributed by atoms with E-state index in [1.165, 1.54) is 5.56 Å². The second-order valence-corrected chi connectivity index (χ2v) is 6.71. The molecule has 138 valence electrons. The van der Waals surface area contributed by atoms with E-state index < -0.39 is 6.29 Å². The molecular formula is C19H21F2N3O2. The molecule has 2 aliphatic heterocycles. The van der Waals surface area contributed by atoms with E-state index in [1.54, 1.807) is 12.1 Å².